The van der Waals surface area contributed by atoms with Gasteiger partial charge in [-0.2, -0.15) is 0 Å². The van der Waals surface area contributed by atoms with Crippen LogP contribution in [-0.4, -0.2) is 26.4 Å². The number of carbonyl (C=O) groups is 1. The highest BCUT2D eigenvalue weighted by atomic mass is 35.5. The van der Waals surface area contributed by atoms with E-state index in [0.717, 1.165) is 4.88 Å². The number of rotatable bonds is 7. The molecule has 1 aromatic carbocycles. The number of amides is 1. The normalized spacial score (nSPS) is 11.6. The van der Waals surface area contributed by atoms with Crippen molar-refractivity contribution in [2.24, 2.45) is 5.73 Å². The molecule has 0 aliphatic heterocycles. The first-order chi connectivity index (χ1) is 11.2. The standard InChI is InChI=1S/C16H21N3O3S2.ClH/c1-16(2,11-17)19-15(20)12-5-7-14(8-6-12)24(21,22)18-10-13-4-3-9-23-13;/h3-9,18H,10-11,17H2,1-2H3,(H,19,20);1H. The first-order valence-electron chi connectivity index (χ1n) is 7.38. The molecule has 2 aromatic rings. The minimum atomic E-state index is -3.61. The highest BCUT2D eigenvalue weighted by Gasteiger charge is 2.20. The van der Waals surface area contributed by atoms with Crippen LogP contribution in [0.3, 0.4) is 0 Å². The van der Waals surface area contributed by atoms with Gasteiger partial charge in [0.1, 0.15) is 0 Å². The van der Waals surface area contributed by atoms with Gasteiger partial charge in [-0.3, -0.25) is 4.79 Å². The summed E-state index contributed by atoms with van der Waals surface area (Å²) >= 11 is 1.48. The van der Waals surface area contributed by atoms with E-state index >= 15 is 0 Å². The fourth-order valence-electron chi connectivity index (χ4n) is 1.88. The second-order valence-electron chi connectivity index (χ2n) is 5.97. The summed E-state index contributed by atoms with van der Waals surface area (Å²) in [5.74, 6) is -0.291. The van der Waals surface area contributed by atoms with Crippen LogP contribution in [0.1, 0.15) is 29.1 Å². The number of halogens is 1. The Morgan fingerprint density at radius 1 is 1.20 bits per heavy atom. The van der Waals surface area contributed by atoms with Crippen molar-refractivity contribution in [2.75, 3.05) is 6.54 Å². The molecule has 1 aromatic heterocycles. The summed E-state index contributed by atoms with van der Waals surface area (Å²) in [7, 11) is -3.61. The van der Waals surface area contributed by atoms with Crippen LogP contribution in [0, 0.1) is 0 Å². The molecule has 9 heteroatoms. The Morgan fingerprint density at radius 3 is 2.36 bits per heavy atom. The van der Waals surface area contributed by atoms with Crippen molar-refractivity contribution in [1.82, 2.24) is 10.0 Å². The molecule has 1 amide bonds. The largest absolute Gasteiger partial charge is 0.346 e. The summed E-state index contributed by atoms with van der Waals surface area (Å²) in [4.78, 5) is 13.2. The van der Waals surface area contributed by atoms with Gasteiger partial charge >= 0.3 is 0 Å². The van der Waals surface area contributed by atoms with E-state index in [4.69, 9.17) is 5.73 Å². The molecule has 0 spiro atoms. The lowest BCUT2D eigenvalue weighted by Gasteiger charge is -2.24. The van der Waals surface area contributed by atoms with Crippen LogP contribution in [0.15, 0.2) is 46.7 Å². The number of hydrogen-bond acceptors (Lipinski definition) is 5. The molecule has 0 unspecified atom stereocenters. The van der Waals surface area contributed by atoms with Crippen LogP contribution < -0.4 is 15.8 Å². The van der Waals surface area contributed by atoms with Gasteiger partial charge in [-0.05, 0) is 49.6 Å². The van der Waals surface area contributed by atoms with E-state index in [-0.39, 0.29) is 29.8 Å². The summed E-state index contributed by atoms with van der Waals surface area (Å²) in [6.07, 6.45) is 0. The number of sulfonamides is 1. The minimum Gasteiger partial charge on any atom is -0.346 e. The molecule has 0 bridgehead atoms. The molecular weight excluding hydrogens is 382 g/mol. The predicted molar refractivity (Wildman–Crippen MR) is 103 cm³/mol. The predicted octanol–water partition coefficient (Wildman–Crippen LogP) is 2.12. The molecule has 0 atom stereocenters. The Kier molecular flexibility index (Phi) is 7.58. The van der Waals surface area contributed by atoms with E-state index < -0.39 is 15.6 Å². The Balaban J connectivity index is 0.00000312. The molecule has 0 radical (unpaired) electrons. The highest BCUT2D eigenvalue weighted by Crippen LogP contribution is 2.14. The topological polar surface area (TPSA) is 101 Å². The lowest BCUT2D eigenvalue weighted by Crippen LogP contribution is -2.48. The van der Waals surface area contributed by atoms with Gasteiger partial charge in [0, 0.05) is 29.1 Å². The summed E-state index contributed by atoms with van der Waals surface area (Å²) in [6, 6.07) is 9.54. The van der Waals surface area contributed by atoms with Gasteiger partial charge in [-0.1, -0.05) is 6.07 Å². The van der Waals surface area contributed by atoms with E-state index in [2.05, 4.69) is 10.0 Å². The molecule has 2 rings (SSSR count). The molecule has 1 heterocycles. The van der Waals surface area contributed by atoms with Crippen molar-refractivity contribution in [3.63, 3.8) is 0 Å². The van der Waals surface area contributed by atoms with Gasteiger partial charge < -0.3 is 11.1 Å². The van der Waals surface area contributed by atoms with Gasteiger partial charge in [-0.25, -0.2) is 13.1 Å². The number of carbonyl (C=O) groups excluding carboxylic acids is 1. The van der Waals surface area contributed by atoms with Crippen molar-refractivity contribution in [1.29, 1.82) is 0 Å². The molecule has 0 saturated carbocycles. The van der Waals surface area contributed by atoms with Crippen LogP contribution in [0.5, 0.6) is 0 Å². The lowest BCUT2D eigenvalue weighted by molar-refractivity contribution is 0.0915. The van der Waals surface area contributed by atoms with Gasteiger partial charge in [0.2, 0.25) is 10.0 Å². The smallest absolute Gasteiger partial charge is 0.251 e. The van der Waals surface area contributed by atoms with Crippen LogP contribution in [0.2, 0.25) is 0 Å². The zero-order valence-corrected chi connectivity index (χ0v) is 16.4. The molecule has 0 fully saturated rings. The second kappa shape index (κ2) is 8.77. The Labute approximate surface area is 158 Å². The number of thiophene rings is 1. The first-order valence-corrected chi connectivity index (χ1v) is 9.74. The monoisotopic (exact) mass is 403 g/mol. The van der Waals surface area contributed by atoms with Crippen molar-refractivity contribution < 1.29 is 13.2 Å². The third-order valence-electron chi connectivity index (χ3n) is 3.41. The summed E-state index contributed by atoms with van der Waals surface area (Å²) in [6.45, 7) is 4.18. The number of nitrogens with one attached hydrogen (secondary N) is 2. The first kappa shape index (κ1) is 21.6. The summed E-state index contributed by atoms with van der Waals surface area (Å²) in [5.41, 5.74) is 5.45. The molecular formula is C16H22ClN3O3S2. The van der Waals surface area contributed by atoms with Gasteiger partial charge in [0.15, 0.2) is 0 Å². The third-order valence-corrected chi connectivity index (χ3v) is 5.70. The Bertz CT molecular complexity index is 789. The quantitative estimate of drug-likeness (QED) is 0.658. The fourth-order valence-corrected chi connectivity index (χ4v) is 3.62. The average molecular weight is 404 g/mol. The second-order valence-corrected chi connectivity index (χ2v) is 8.77. The van der Waals surface area contributed by atoms with Crippen LogP contribution in [0.25, 0.3) is 0 Å². The maximum absolute atomic E-state index is 12.3. The van der Waals surface area contributed by atoms with Crippen molar-refractivity contribution in [2.45, 2.75) is 30.8 Å². The summed E-state index contributed by atoms with van der Waals surface area (Å²) < 4.78 is 27.1. The Hall–Kier alpha value is -1.45. The minimum absolute atomic E-state index is 0. The van der Waals surface area contributed by atoms with Gasteiger partial charge in [-0.15, -0.1) is 23.7 Å². The van der Waals surface area contributed by atoms with Gasteiger partial charge in [0.25, 0.3) is 5.91 Å². The third kappa shape index (κ3) is 6.09. The van der Waals surface area contributed by atoms with Crippen molar-refractivity contribution >= 4 is 39.7 Å². The highest BCUT2D eigenvalue weighted by molar-refractivity contribution is 7.89. The van der Waals surface area contributed by atoms with E-state index in [9.17, 15) is 13.2 Å². The van der Waals surface area contributed by atoms with Crippen LogP contribution in [0.4, 0.5) is 0 Å². The van der Waals surface area contributed by atoms with E-state index in [1.165, 1.54) is 35.6 Å². The molecule has 25 heavy (non-hydrogen) atoms. The summed E-state index contributed by atoms with van der Waals surface area (Å²) in [5, 5.41) is 4.69. The fraction of sp³-hybridized carbons (Fsp3) is 0.312. The van der Waals surface area contributed by atoms with Crippen molar-refractivity contribution in [3.8, 4) is 0 Å². The average Bonchev–Trinajstić information content (AvgIpc) is 3.06. The zero-order valence-electron chi connectivity index (χ0n) is 14.0. The number of benzene rings is 1. The molecule has 6 nitrogen and oxygen atoms in total. The molecule has 138 valence electrons. The van der Waals surface area contributed by atoms with Crippen LogP contribution >= 0.6 is 23.7 Å². The number of nitrogens with two attached hydrogens (primary N) is 1. The van der Waals surface area contributed by atoms with E-state index in [1.54, 1.807) is 0 Å². The SMILES string of the molecule is CC(C)(CN)NC(=O)c1ccc(S(=O)(=O)NCc2cccs2)cc1.Cl. The molecule has 0 saturated heterocycles. The maximum atomic E-state index is 12.3. The number of hydrogen-bond donors (Lipinski definition) is 3. The molecule has 0 aliphatic rings. The molecule has 0 aliphatic carbocycles. The van der Waals surface area contributed by atoms with Gasteiger partial charge in [0.05, 0.1) is 4.90 Å². The lowest BCUT2D eigenvalue weighted by atomic mass is 10.1. The van der Waals surface area contributed by atoms with E-state index in [0.29, 0.717) is 12.1 Å². The maximum Gasteiger partial charge on any atom is 0.251 e. The van der Waals surface area contributed by atoms with Crippen LogP contribution in [-0.2, 0) is 16.6 Å². The Morgan fingerprint density at radius 2 is 1.84 bits per heavy atom. The van der Waals surface area contributed by atoms with Crippen molar-refractivity contribution in [3.05, 3.63) is 52.2 Å². The zero-order chi connectivity index (χ0) is 17.8. The van der Waals surface area contributed by atoms with E-state index in [1.807, 2.05) is 31.4 Å². The molecule has 4 N–H and O–H groups in total.